The van der Waals surface area contributed by atoms with Gasteiger partial charge in [0.15, 0.2) is 0 Å². The molecule has 4 aromatic rings. The van der Waals surface area contributed by atoms with Crippen LogP contribution in [0.1, 0.15) is 33.8 Å². The maximum Gasteiger partial charge on any atom is 0.257 e. The molecule has 0 spiro atoms. The molecule has 0 radical (unpaired) electrons. The number of β-amino-alcohol motifs (C(OH)–C–C–N with tert-alkyl or cyclic N) is 1. The van der Waals surface area contributed by atoms with Crippen molar-refractivity contribution in [3.63, 3.8) is 0 Å². The molecule has 2 atom stereocenters. The van der Waals surface area contributed by atoms with Crippen molar-refractivity contribution in [2.75, 3.05) is 13.1 Å². The first-order valence-electron chi connectivity index (χ1n) is 10.0. The molecule has 5 rings (SSSR count). The van der Waals surface area contributed by atoms with E-state index in [1.165, 1.54) is 10.8 Å². The molecule has 0 unspecified atom stereocenters. The first-order chi connectivity index (χ1) is 14.1. The van der Waals surface area contributed by atoms with E-state index in [2.05, 4.69) is 35.4 Å². The van der Waals surface area contributed by atoms with Gasteiger partial charge in [0.25, 0.3) is 5.91 Å². The molecule has 0 saturated carbocycles. The highest BCUT2D eigenvalue weighted by atomic mass is 16.3. The molecule has 2 aromatic carbocycles. The average Bonchev–Trinajstić information content (AvgIpc) is 3.15. The number of likely N-dealkylation sites (tertiary alicyclic amines) is 1. The van der Waals surface area contributed by atoms with Crippen molar-refractivity contribution >= 4 is 22.2 Å². The van der Waals surface area contributed by atoms with Crippen LogP contribution in [0.5, 0.6) is 0 Å². The van der Waals surface area contributed by atoms with Crippen LogP contribution in [-0.2, 0) is 0 Å². The van der Waals surface area contributed by atoms with Crippen LogP contribution >= 0.6 is 0 Å². The number of aryl methyl sites for hydroxylation is 1. The quantitative estimate of drug-likeness (QED) is 0.571. The smallest absolute Gasteiger partial charge is 0.257 e. The van der Waals surface area contributed by atoms with Crippen molar-refractivity contribution < 1.29 is 9.90 Å². The summed E-state index contributed by atoms with van der Waals surface area (Å²) in [7, 11) is 0. The molecule has 5 nitrogen and oxygen atoms in total. The zero-order valence-corrected chi connectivity index (χ0v) is 16.3. The van der Waals surface area contributed by atoms with Crippen LogP contribution in [0.25, 0.3) is 16.3 Å². The number of amides is 1. The molecule has 1 saturated heterocycles. The van der Waals surface area contributed by atoms with E-state index >= 15 is 0 Å². The number of carbonyl (C=O) groups is 1. The Balaban J connectivity index is 1.36. The lowest BCUT2D eigenvalue weighted by Gasteiger charge is -2.36. The van der Waals surface area contributed by atoms with E-state index in [1.807, 2.05) is 37.4 Å². The van der Waals surface area contributed by atoms with Crippen LogP contribution in [0, 0.1) is 6.92 Å². The third-order valence-electron chi connectivity index (χ3n) is 5.97. The number of carbonyl (C=O) groups excluding carboxylic acids is 1. The average molecular weight is 385 g/mol. The van der Waals surface area contributed by atoms with E-state index in [-0.39, 0.29) is 11.8 Å². The number of rotatable bonds is 2. The van der Waals surface area contributed by atoms with Crippen molar-refractivity contribution in [1.29, 1.82) is 0 Å². The predicted molar refractivity (Wildman–Crippen MR) is 113 cm³/mol. The summed E-state index contributed by atoms with van der Waals surface area (Å²) in [6, 6.07) is 18.5. The molecule has 3 heterocycles. The van der Waals surface area contributed by atoms with E-state index < -0.39 is 6.10 Å². The normalized spacial score (nSPS) is 19.7. The highest BCUT2D eigenvalue weighted by Crippen LogP contribution is 2.31. The van der Waals surface area contributed by atoms with Crippen LogP contribution in [0.3, 0.4) is 0 Å². The molecular weight excluding hydrogens is 362 g/mol. The molecular formula is C24H23N3O2. The Hall–Kier alpha value is -3.18. The summed E-state index contributed by atoms with van der Waals surface area (Å²) >= 11 is 0. The third-order valence-corrected chi connectivity index (χ3v) is 5.97. The van der Waals surface area contributed by atoms with Gasteiger partial charge in [-0.05, 0) is 41.3 Å². The Morgan fingerprint density at radius 3 is 2.76 bits per heavy atom. The second-order valence-corrected chi connectivity index (χ2v) is 7.91. The number of aromatic nitrogens is 2. The molecule has 5 heteroatoms. The lowest BCUT2D eigenvalue weighted by Crippen LogP contribution is -2.45. The minimum Gasteiger partial charge on any atom is -0.391 e. The highest BCUT2D eigenvalue weighted by molar-refractivity contribution is 6.00. The van der Waals surface area contributed by atoms with Gasteiger partial charge in [-0.1, -0.05) is 48.5 Å². The Morgan fingerprint density at radius 1 is 1.10 bits per heavy atom. The molecule has 29 heavy (non-hydrogen) atoms. The van der Waals surface area contributed by atoms with Crippen LogP contribution in [0.15, 0.2) is 67.0 Å². The summed E-state index contributed by atoms with van der Waals surface area (Å²) in [5.41, 5.74) is 3.61. The van der Waals surface area contributed by atoms with Crippen LogP contribution in [-0.4, -0.2) is 44.7 Å². The van der Waals surface area contributed by atoms with Gasteiger partial charge in [-0.25, -0.2) is 4.52 Å². The van der Waals surface area contributed by atoms with Gasteiger partial charge < -0.3 is 10.0 Å². The van der Waals surface area contributed by atoms with Gasteiger partial charge >= 0.3 is 0 Å². The van der Waals surface area contributed by atoms with E-state index in [1.54, 1.807) is 15.6 Å². The number of benzene rings is 2. The fourth-order valence-corrected chi connectivity index (χ4v) is 4.37. The van der Waals surface area contributed by atoms with E-state index in [0.717, 1.165) is 23.1 Å². The maximum atomic E-state index is 13.1. The van der Waals surface area contributed by atoms with Gasteiger partial charge in [0, 0.05) is 25.2 Å². The van der Waals surface area contributed by atoms with E-state index in [9.17, 15) is 9.90 Å². The number of aliphatic hydroxyl groups excluding tert-OH is 1. The Morgan fingerprint density at radius 2 is 1.93 bits per heavy atom. The summed E-state index contributed by atoms with van der Waals surface area (Å²) in [6.45, 7) is 2.95. The topological polar surface area (TPSA) is 57.8 Å². The van der Waals surface area contributed by atoms with Crippen LogP contribution < -0.4 is 0 Å². The van der Waals surface area contributed by atoms with Crippen molar-refractivity contribution in [1.82, 2.24) is 14.5 Å². The van der Waals surface area contributed by atoms with Crippen molar-refractivity contribution in [3.8, 4) is 0 Å². The first kappa shape index (κ1) is 17.9. The SMILES string of the molecule is Cc1ccc2c(C(=O)N3CC[C@@H](c4ccc5ccccc5c4)[C@H](O)C3)cnn2c1. The zero-order valence-electron chi connectivity index (χ0n) is 16.3. The van der Waals surface area contributed by atoms with Crippen LogP contribution in [0.4, 0.5) is 0 Å². The number of pyridine rings is 1. The molecule has 2 aromatic heterocycles. The minimum atomic E-state index is -0.585. The van der Waals surface area contributed by atoms with Crippen molar-refractivity contribution in [2.24, 2.45) is 0 Å². The highest BCUT2D eigenvalue weighted by Gasteiger charge is 2.32. The minimum absolute atomic E-state index is 0.0372. The summed E-state index contributed by atoms with van der Waals surface area (Å²) in [4.78, 5) is 14.8. The lowest BCUT2D eigenvalue weighted by atomic mass is 9.86. The summed E-state index contributed by atoms with van der Waals surface area (Å²) in [5, 5.41) is 17.5. The maximum absolute atomic E-state index is 13.1. The Bertz CT molecular complexity index is 1210. The number of nitrogens with zero attached hydrogens (tertiary/aromatic N) is 3. The van der Waals surface area contributed by atoms with E-state index in [0.29, 0.717) is 18.7 Å². The summed E-state index contributed by atoms with van der Waals surface area (Å²) < 4.78 is 1.74. The van der Waals surface area contributed by atoms with Crippen molar-refractivity contribution in [2.45, 2.75) is 25.4 Å². The predicted octanol–water partition coefficient (Wildman–Crippen LogP) is 3.79. The fourth-order valence-electron chi connectivity index (χ4n) is 4.37. The summed E-state index contributed by atoms with van der Waals surface area (Å²) in [6.07, 6.45) is 3.69. The molecule has 1 amide bonds. The van der Waals surface area contributed by atoms with Gasteiger partial charge in [0.2, 0.25) is 0 Å². The molecule has 1 N–H and O–H groups in total. The second-order valence-electron chi connectivity index (χ2n) is 7.91. The van der Waals surface area contributed by atoms with Gasteiger partial charge in [0.05, 0.1) is 23.4 Å². The molecule has 1 fully saturated rings. The lowest BCUT2D eigenvalue weighted by molar-refractivity contribution is 0.0383. The molecule has 146 valence electrons. The number of fused-ring (bicyclic) bond motifs is 2. The summed E-state index contributed by atoms with van der Waals surface area (Å²) in [5.74, 6) is -0.0323. The first-order valence-corrected chi connectivity index (χ1v) is 10.0. The molecule has 1 aliphatic rings. The standard InChI is InChI=1S/C24H23N3O2/c1-16-6-9-22-21(13-25-27(22)14-16)24(29)26-11-10-20(23(28)15-26)19-8-7-17-4-2-3-5-18(17)12-19/h2-9,12-14,20,23,28H,10-11,15H2,1H3/t20-,23+/m0/s1. The molecule has 0 aliphatic carbocycles. The zero-order chi connectivity index (χ0) is 20.0. The Labute approximate surface area is 169 Å². The van der Waals surface area contributed by atoms with Gasteiger partial charge in [0.1, 0.15) is 0 Å². The largest absolute Gasteiger partial charge is 0.391 e. The number of aliphatic hydroxyl groups is 1. The monoisotopic (exact) mass is 385 g/mol. The fraction of sp³-hybridized carbons (Fsp3) is 0.250. The van der Waals surface area contributed by atoms with Crippen molar-refractivity contribution in [3.05, 3.63) is 83.7 Å². The number of hydrogen-bond acceptors (Lipinski definition) is 3. The van der Waals surface area contributed by atoms with Gasteiger partial charge in [-0.3, -0.25) is 4.79 Å². The van der Waals surface area contributed by atoms with Gasteiger partial charge in [-0.15, -0.1) is 0 Å². The number of hydrogen-bond donors (Lipinski definition) is 1. The van der Waals surface area contributed by atoms with Crippen LogP contribution in [0.2, 0.25) is 0 Å². The third kappa shape index (κ3) is 3.17. The van der Waals surface area contributed by atoms with Gasteiger partial charge in [-0.2, -0.15) is 5.10 Å². The molecule has 1 aliphatic heterocycles. The second kappa shape index (κ2) is 7.01. The van der Waals surface area contributed by atoms with E-state index in [4.69, 9.17) is 0 Å². The molecule has 0 bridgehead atoms. The Kier molecular flexibility index (Phi) is 4.32. The number of piperidine rings is 1.